The lowest BCUT2D eigenvalue weighted by Gasteiger charge is -2.39. The highest BCUT2D eigenvalue weighted by atomic mass is 32.1. The zero-order valence-corrected chi connectivity index (χ0v) is 11.7. The van der Waals surface area contributed by atoms with Crippen molar-refractivity contribution < 1.29 is 4.79 Å². The highest BCUT2D eigenvalue weighted by Crippen LogP contribution is 2.41. The third-order valence-electron chi connectivity index (χ3n) is 2.88. The number of rotatable bonds is 0. The number of carbonyl (C=O) groups excluding carboxylic acids is 1. The van der Waals surface area contributed by atoms with Gasteiger partial charge in [-0.15, -0.1) is 11.3 Å². The summed E-state index contributed by atoms with van der Waals surface area (Å²) in [7, 11) is 1.82. The molecule has 0 saturated heterocycles. The fraction of sp³-hybridized carbons (Fsp3) is 0.583. The number of amides is 2. The van der Waals surface area contributed by atoms with Gasteiger partial charge < -0.3 is 4.90 Å². The Bertz CT molecular complexity index is 396. The maximum atomic E-state index is 11.6. The van der Waals surface area contributed by atoms with E-state index in [0.717, 1.165) is 5.00 Å². The largest absolute Gasteiger partial charge is 0.322 e. The summed E-state index contributed by atoms with van der Waals surface area (Å²) < 4.78 is 0. The van der Waals surface area contributed by atoms with Gasteiger partial charge in [-0.1, -0.05) is 13.8 Å². The fourth-order valence-corrected chi connectivity index (χ4v) is 2.73. The van der Waals surface area contributed by atoms with E-state index in [1.54, 1.807) is 16.2 Å². The van der Waals surface area contributed by atoms with E-state index < -0.39 is 0 Å². The molecule has 90 valence electrons. The normalized spacial score (nSPS) is 17.1. The van der Waals surface area contributed by atoms with Crippen LogP contribution in [0.1, 0.15) is 38.1 Å². The minimum atomic E-state index is -0.206. The van der Waals surface area contributed by atoms with Gasteiger partial charge in [-0.2, -0.15) is 0 Å². The highest BCUT2D eigenvalue weighted by Gasteiger charge is 2.37. The second-order valence-corrected chi connectivity index (χ2v) is 5.40. The number of fused-ring (bicyclic) bond motifs is 1. The van der Waals surface area contributed by atoms with Crippen LogP contribution < -0.4 is 5.32 Å². The monoisotopic (exact) mass is 240 g/mol. The van der Waals surface area contributed by atoms with Crippen molar-refractivity contribution in [2.45, 2.75) is 40.2 Å². The molecule has 0 aliphatic carbocycles. The summed E-state index contributed by atoms with van der Waals surface area (Å²) in [6, 6.07) is 2.12. The van der Waals surface area contributed by atoms with Crippen LogP contribution in [0.3, 0.4) is 0 Å². The standard InChI is InChI=1S/C10H14N2OS.C2H6/c1-6-5-7-8(14-6)11-9(13)12(4)10(7,2)3;1-2/h5H,1-4H3,(H,11,13);1-2H3. The van der Waals surface area contributed by atoms with E-state index in [9.17, 15) is 4.79 Å². The van der Waals surface area contributed by atoms with Crippen LogP contribution in [0, 0.1) is 6.92 Å². The quantitative estimate of drug-likeness (QED) is 0.735. The lowest BCUT2D eigenvalue weighted by atomic mass is 9.93. The molecule has 0 aromatic carbocycles. The van der Waals surface area contributed by atoms with Crippen molar-refractivity contribution in [3.05, 3.63) is 16.5 Å². The van der Waals surface area contributed by atoms with Crippen LogP contribution >= 0.6 is 11.3 Å². The molecule has 16 heavy (non-hydrogen) atoms. The highest BCUT2D eigenvalue weighted by molar-refractivity contribution is 7.16. The molecule has 2 heterocycles. The van der Waals surface area contributed by atoms with Crippen molar-refractivity contribution in [3.63, 3.8) is 0 Å². The second kappa shape index (κ2) is 4.45. The first-order valence-electron chi connectivity index (χ1n) is 5.58. The van der Waals surface area contributed by atoms with Gasteiger partial charge in [0.05, 0.1) is 5.54 Å². The number of urea groups is 1. The minimum absolute atomic E-state index is 0.0237. The predicted octanol–water partition coefficient (Wildman–Crippen LogP) is 3.80. The van der Waals surface area contributed by atoms with E-state index in [1.165, 1.54) is 10.4 Å². The Morgan fingerprint density at radius 3 is 2.50 bits per heavy atom. The molecular formula is C12H20N2OS. The number of thiophene rings is 1. The van der Waals surface area contributed by atoms with E-state index >= 15 is 0 Å². The lowest BCUT2D eigenvalue weighted by molar-refractivity contribution is 0.164. The summed E-state index contributed by atoms with van der Waals surface area (Å²) >= 11 is 1.64. The van der Waals surface area contributed by atoms with Gasteiger partial charge in [0.25, 0.3) is 0 Å². The summed E-state index contributed by atoms with van der Waals surface area (Å²) in [5.41, 5.74) is 1.00. The maximum absolute atomic E-state index is 11.6. The van der Waals surface area contributed by atoms with E-state index in [-0.39, 0.29) is 11.6 Å². The van der Waals surface area contributed by atoms with Crippen LogP contribution in [0.15, 0.2) is 6.07 Å². The number of nitrogens with zero attached hydrogens (tertiary/aromatic N) is 1. The third kappa shape index (κ3) is 1.94. The van der Waals surface area contributed by atoms with Crippen molar-refractivity contribution in [1.82, 2.24) is 4.90 Å². The van der Waals surface area contributed by atoms with Crippen LogP contribution in [-0.4, -0.2) is 18.0 Å². The summed E-state index contributed by atoms with van der Waals surface area (Å²) in [6.45, 7) is 10.2. The van der Waals surface area contributed by atoms with Crippen molar-refractivity contribution >= 4 is 22.4 Å². The van der Waals surface area contributed by atoms with Crippen molar-refractivity contribution in [2.75, 3.05) is 12.4 Å². The van der Waals surface area contributed by atoms with Gasteiger partial charge in [0.1, 0.15) is 5.00 Å². The van der Waals surface area contributed by atoms with E-state index in [0.29, 0.717) is 0 Å². The Hall–Kier alpha value is -1.03. The molecule has 0 bridgehead atoms. The number of hydrogen-bond acceptors (Lipinski definition) is 2. The minimum Gasteiger partial charge on any atom is -0.318 e. The van der Waals surface area contributed by atoms with E-state index in [4.69, 9.17) is 0 Å². The summed E-state index contributed by atoms with van der Waals surface area (Å²) in [5.74, 6) is 0. The number of anilines is 1. The molecule has 0 spiro atoms. The molecule has 0 fully saturated rings. The SMILES string of the molecule is CC.Cc1cc2c(s1)NC(=O)N(C)C2(C)C. The molecule has 3 nitrogen and oxygen atoms in total. The average Bonchev–Trinajstić information content (AvgIpc) is 2.60. The maximum Gasteiger partial charge on any atom is 0.322 e. The summed E-state index contributed by atoms with van der Waals surface area (Å²) in [6.07, 6.45) is 0. The van der Waals surface area contributed by atoms with Gasteiger partial charge >= 0.3 is 6.03 Å². The number of carbonyl (C=O) groups is 1. The van der Waals surface area contributed by atoms with Crippen molar-refractivity contribution in [1.29, 1.82) is 0 Å². The van der Waals surface area contributed by atoms with Crippen LogP contribution in [0.4, 0.5) is 9.80 Å². The predicted molar refractivity (Wildman–Crippen MR) is 70.2 cm³/mol. The first-order valence-corrected chi connectivity index (χ1v) is 6.40. The van der Waals surface area contributed by atoms with Crippen LogP contribution in [0.5, 0.6) is 0 Å². The van der Waals surface area contributed by atoms with Gasteiger partial charge in [-0.05, 0) is 26.8 Å². The Kier molecular flexibility index (Phi) is 3.63. The molecule has 2 rings (SSSR count). The Balaban J connectivity index is 0.000000606. The molecule has 1 aliphatic rings. The van der Waals surface area contributed by atoms with Crippen LogP contribution in [0.25, 0.3) is 0 Å². The molecule has 2 amide bonds. The topological polar surface area (TPSA) is 32.3 Å². The van der Waals surface area contributed by atoms with Gasteiger partial charge in [0.2, 0.25) is 0 Å². The lowest BCUT2D eigenvalue weighted by Crippen LogP contribution is -2.48. The zero-order chi connectivity index (χ0) is 12.5. The molecular weight excluding hydrogens is 220 g/mol. The van der Waals surface area contributed by atoms with Crippen molar-refractivity contribution in [3.8, 4) is 0 Å². The Labute approximate surface area is 101 Å². The molecule has 4 heteroatoms. The number of nitrogens with one attached hydrogen (secondary N) is 1. The van der Waals surface area contributed by atoms with Gasteiger partial charge in [0, 0.05) is 17.5 Å². The zero-order valence-electron chi connectivity index (χ0n) is 10.8. The van der Waals surface area contributed by atoms with Gasteiger partial charge in [0.15, 0.2) is 0 Å². The number of hydrogen-bond donors (Lipinski definition) is 1. The summed E-state index contributed by atoms with van der Waals surface area (Å²) in [4.78, 5) is 14.6. The molecule has 0 unspecified atom stereocenters. The Morgan fingerprint density at radius 2 is 1.94 bits per heavy atom. The second-order valence-electron chi connectivity index (χ2n) is 4.15. The fourth-order valence-electron chi connectivity index (χ4n) is 1.68. The molecule has 0 radical (unpaired) electrons. The first kappa shape index (κ1) is 13.0. The van der Waals surface area contributed by atoms with E-state index in [1.807, 2.05) is 20.9 Å². The third-order valence-corrected chi connectivity index (χ3v) is 3.84. The average molecular weight is 240 g/mol. The van der Waals surface area contributed by atoms with Gasteiger partial charge in [-0.25, -0.2) is 4.79 Å². The molecule has 1 aromatic rings. The summed E-state index contributed by atoms with van der Waals surface area (Å²) in [5, 5.41) is 3.89. The smallest absolute Gasteiger partial charge is 0.318 e. The molecule has 1 N–H and O–H groups in total. The number of aryl methyl sites for hydroxylation is 1. The van der Waals surface area contributed by atoms with Crippen LogP contribution in [-0.2, 0) is 5.54 Å². The van der Waals surface area contributed by atoms with Gasteiger partial charge in [-0.3, -0.25) is 5.32 Å². The van der Waals surface area contributed by atoms with Crippen LogP contribution in [0.2, 0.25) is 0 Å². The van der Waals surface area contributed by atoms with Crippen molar-refractivity contribution in [2.24, 2.45) is 0 Å². The molecule has 0 saturated carbocycles. The molecule has 1 aliphatic heterocycles. The molecule has 0 atom stereocenters. The molecule has 1 aromatic heterocycles. The Morgan fingerprint density at radius 1 is 1.38 bits per heavy atom. The first-order chi connectivity index (χ1) is 7.43. The van der Waals surface area contributed by atoms with E-state index in [2.05, 4.69) is 32.2 Å².